The van der Waals surface area contributed by atoms with Crippen molar-refractivity contribution in [1.82, 2.24) is 9.72 Å². The molecule has 0 aliphatic rings. The number of aryl methyl sites for hydroxylation is 1. The van der Waals surface area contributed by atoms with Crippen molar-refractivity contribution in [3.8, 4) is 11.1 Å². The van der Waals surface area contributed by atoms with Gasteiger partial charge < -0.3 is 19.1 Å². The van der Waals surface area contributed by atoms with E-state index in [1.165, 1.54) is 18.5 Å². The minimum Gasteiger partial charge on any atom is -0.448 e. The fraction of sp³-hybridized carbons (Fsp3) is 0.167. The summed E-state index contributed by atoms with van der Waals surface area (Å²) in [6.07, 6.45) is -1.13. The molecule has 0 spiro atoms. The standard InChI is InChI=1S/C24H21N3O5/c1-14-13-19(26-32-14)25-22(28)15(2)31-24(30)21-20(16-9-5-4-6-10-16)17-11-7-8-12-18(17)23(29)27(21)3/h4-13,15H,1-3H3,(H,25,26,28). The Balaban J connectivity index is 1.74. The second kappa shape index (κ2) is 8.50. The molecule has 8 heteroatoms. The van der Waals surface area contributed by atoms with E-state index in [2.05, 4.69) is 10.5 Å². The molecule has 162 valence electrons. The van der Waals surface area contributed by atoms with Crippen molar-refractivity contribution in [3.05, 3.63) is 82.5 Å². The monoisotopic (exact) mass is 431 g/mol. The number of esters is 1. The van der Waals surface area contributed by atoms with Gasteiger partial charge in [0.15, 0.2) is 11.9 Å². The number of nitrogens with one attached hydrogen (secondary N) is 1. The maximum Gasteiger partial charge on any atom is 0.356 e. The Labute approximate surface area is 183 Å². The third kappa shape index (κ3) is 3.90. The molecule has 2 heterocycles. The third-order valence-corrected chi connectivity index (χ3v) is 5.09. The van der Waals surface area contributed by atoms with Crippen molar-refractivity contribution in [3.63, 3.8) is 0 Å². The van der Waals surface area contributed by atoms with Crippen LogP contribution in [-0.2, 0) is 16.6 Å². The van der Waals surface area contributed by atoms with Gasteiger partial charge in [-0.15, -0.1) is 0 Å². The normalized spacial score (nSPS) is 11.8. The number of fused-ring (bicyclic) bond motifs is 1. The first-order valence-corrected chi connectivity index (χ1v) is 9.99. The van der Waals surface area contributed by atoms with Crippen molar-refractivity contribution in [2.24, 2.45) is 7.05 Å². The van der Waals surface area contributed by atoms with Crippen LogP contribution in [0, 0.1) is 6.92 Å². The van der Waals surface area contributed by atoms with Gasteiger partial charge in [0, 0.05) is 24.1 Å². The predicted molar refractivity (Wildman–Crippen MR) is 119 cm³/mol. The Morgan fingerprint density at radius 1 is 1.06 bits per heavy atom. The number of amides is 1. The fourth-order valence-electron chi connectivity index (χ4n) is 3.52. The molecular weight excluding hydrogens is 410 g/mol. The molecular formula is C24H21N3O5. The highest BCUT2D eigenvalue weighted by molar-refractivity contribution is 6.07. The predicted octanol–water partition coefficient (Wildman–Crippen LogP) is 3.69. The van der Waals surface area contributed by atoms with E-state index in [1.54, 1.807) is 37.3 Å². The lowest BCUT2D eigenvalue weighted by Crippen LogP contribution is -2.33. The van der Waals surface area contributed by atoms with Gasteiger partial charge in [-0.25, -0.2) is 4.79 Å². The van der Waals surface area contributed by atoms with E-state index in [0.29, 0.717) is 22.1 Å². The number of hydrogen-bond donors (Lipinski definition) is 1. The van der Waals surface area contributed by atoms with E-state index in [-0.39, 0.29) is 17.1 Å². The summed E-state index contributed by atoms with van der Waals surface area (Å²) in [5.74, 6) is -0.603. The van der Waals surface area contributed by atoms with Crippen LogP contribution >= 0.6 is 0 Å². The lowest BCUT2D eigenvalue weighted by molar-refractivity contribution is -0.123. The second-order valence-electron chi connectivity index (χ2n) is 7.36. The molecule has 0 bridgehead atoms. The van der Waals surface area contributed by atoms with Gasteiger partial charge >= 0.3 is 5.97 Å². The van der Waals surface area contributed by atoms with Gasteiger partial charge in [0.05, 0.1) is 0 Å². The van der Waals surface area contributed by atoms with Crippen LogP contribution in [0.5, 0.6) is 0 Å². The summed E-state index contributed by atoms with van der Waals surface area (Å²) in [7, 11) is 1.51. The van der Waals surface area contributed by atoms with Crippen LogP contribution in [0.4, 0.5) is 5.82 Å². The number of carbonyl (C=O) groups is 2. The Bertz CT molecular complexity index is 1370. The number of ether oxygens (including phenoxy) is 1. The molecule has 1 unspecified atom stereocenters. The Morgan fingerprint density at radius 2 is 1.72 bits per heavy atom. The Hall–Kier alpha value is -4.20. The number of benzene rings is 2. The van der Waals surface area contributed by atoms with E-state index < -0.39 is 18.0 Å². The zero-order chi connectivity index (χ0) is 22.8. The molecule has 1 N–H and O–H groups in total. The first-order valence-electron chi connectivity index (χ1n) is 9.99. The molecule has 8 nitrogen and oxygen atoms in total. The van der Waals surface area contributed by atoms with E-state index in [9.17, 15) is 14.4 Å². The summed E-state index contributed by atoms with van der Waals surface area (Å²) in [4.78, 5) is 38.7. The number of aromatic nitrogens is 2. The van der Waals surface area contributed by atoms with E-state index in [4.69, 9.17) is 9.26 Å². The largest absolute Gasteiger partial charge is 0.448 e. The van der Waals surface area contributed by atoms with Crippen molar-refractivity contribution >= 4 is 28.5 Å². The molecule has 0 fully saturated rings. The summed E-state index contributed by atoms with van der Waals surface area (Å²) in [6.45, 7) is 3.14. The van der Waals surface area contributed by atoms with Crippen LogP contribution < -0.4 is 10.9 Å². The van der Waals surface area contributed by atoms with Crippen LogP contribution in [-0.4, -0.2) is 27.7 Å². The highest BCUT2D eigenvalue weighted by Crippen LogP contribution is 2.31. The maximum absolute atomic E-state index is 13.2. The molecule has 4 rings (SSSR count). The highest BCUT2D eigenvalue weighted by Gasteiger charge is 2.26. The summed E-state index contributed by atoms with van der Waals surface area (Å²) < 4.78 is 11.6. The summed E-state index contributed by atoms with van der Waals surface area (Å²) in [5.41, 5.74) is 1.05. The molecule has 4 aromatic rings. The van der Waals surface area contributed by atoms with Crippen LogP contribution in [0.2, 0.25) is 0 Å². The Kier molecular flexibility index (Phi) is 5.59. The zero-order valence-corrected chi connectivity index (χ0v) is 17.8. The van der Waals surface area contributed by atoms with Gasteiger partial charge in [-0.1, -0.05) is 53.7 Å². The Morgan fingerprint density at radius 3 is 2.38 bits per heavy atom. The van der Waals surface area contributed by atoms with Gasteiger partial charge in [0.1, 0.15) is 11.5 Å². The summed E-state index contributed by atoms with van der Waals surface area (Å²) in [6, 6.07) is 17.9. The average Bonchev–Trinajstić information content (AvgIpc) is 3.20. The third-order valence-electron chi connectivity index (χ3n) is 5.09. The fourth-order valence-corrected chi connectivity index (χ4v) is 3.52. The number of anilines is 1. The first kappa shape index (κ1) is 21.0. The minimum atomic E-state index is -1.13. The number of rotatable bonds is 5. The molecule has 32 heavy (non-hydrogen) atoms. The van der Waals surface area contributed by atoms with Crippen molar-refractivity contribution < 1.29 is 18.8 Å². The molecule has 0 aliphatic carbocycles. The van der Waals surface area contributed by atoms with Gasteiger partial charge in [-0.3, -0.25) is 9.59 Å². The van der Waals surface area contributed by atoms with Crippen LogP contribution in [0.1, 0.15) is 23.2 Å². The van der Waals surface area contributed by atoms with Crippen LogP contribution in [0.15, 0.2) is 70.0 Å². The van der Waals surface area contributed by atoms with Gasteiger partial charge in [-0.05, 0) is 30.9 Å². The van der Waals surface area contributed by atoms with Gasteiger partial charge in [0.2, 0.25) is 0 Å². The minimum absolute atomic E-state index is 0.0665. The highest BCUT2D eigenvalue weighted by atomic mass is 16.5. The number of pyridine rings is 1. The van der Waals surface area contributed by atoms with E-state index >= 15 is 0 Å². The van der Waals surface area contributed by atoms with Crippen LogP contribution in [0.3, 0.4) is 0 Å². The summed E-state index contributed by atoms with van der Waals surface area (Å²) in [5, 5.41) is 7.34. The maximum atomic E-state index is 13.2. The molecule has 0 radical (unpaired) electrons. The van der Waals surface area contributed by atoms with Crippen molar-refractivity contribution in [2.45, 2.75) is 20.0 Å². The lowest BCUT2D eigenvalue weighted by atomic mass is 9.97. The molecule has 0 saturated heterocycles. The van der Waals surface area contributed by atoms with Crippen LogP contribution in [0.25, 0.3) is 21.9 Å². The lowest BCUT2D eigenvalue weighted by Gasteiger charge is -2.18. The number of nitrogens with zero attached hydrogens (tertiary/aromatic N) is 2. The second-order valence-corrected chi connectivity index (χ2v) is 7.36. The van der Waals surface area contributed by atoms with E-state index in [1.807, 2.05) is 30.3 Å². The molecule has 1 amide bonds. The molecule has 1 atom stereocenters. The van der Waals surface area contributed by atoms with E-state index in [0.717, 1.165) is 5.56 Å². The molecule has 0 aliphatic heterocycles. The quantitative estimate of drug-likeness (QED) is 0.484. The number of carbonyl (C=O) groups excluding carboxylic acids is 2. The molecule has 2 aromatic heterocycles. The zero-order valence-electron chi connectivity index (χ0n) is 17.8. The number of hydrogen-bond acceptors (Lipinski definition) is 6. The topological polar surface area (TPSA) is 103 Å². The van der Waals surface area contributed by atoms with Crippen molar-refractivity contribution in [2.75, 3.05) is 5.32 Å². The average molecular weight is 431 g/mol. The van der Waals surface area contributed by atoms with Gasteiger partial charge in [0.25, 0.3) is 11.5 Å². The summed E-state index contributed by atoms with van der Waals surface area (Å²) >= 11 is 0. The van der Waals surface area contributed by atoms with Gasteiger partial charge in [-0.2, -0.15) is 0 Å². The molecule has 2 aromatic carbocycles. The SMILES string of the molecule is Cc1cc(NC(=O)C(C)OC(=O)c2c(-c3ccccc3)c3ccccc3c(=O)n2C)no1. The smallest absolute Gasteiger partial charge is 0.356 e. The molecule has 0 saturated carbocycles. The first-order chi connectivity index (χ1) is 15.4. The van der Waals surface area contributed by atoms with Crippen molar-refractivity contribution in [1.29, 1.82) is 0 Å².